The Hall–Kier alpha value is -2.12. The van der Waals surface area contributed by atoms with E-state index in [0.717, 1.165) is 76.4 Å². The van der Waals surface area contributed by atoms with Gasteiger partial charge in [-0.1, -0.05) is 18.9 Å². The number of carbonyl (C=O) groups is 2. The Morgan fingerprint density at radius 3 is 2.36 bits per heavy atom. The summed E-state index contributed by atoms with van der Waals surface area (Å²) >= 11 is 0. The zero-order chi connectivity index (χ0) is 27.3. The number of benzene rings is 1. The van der Waals surface area contributed by atoms with Crippen molar-refractivity contribution in [2.75, 3.05) is 26.9 Å². The number of aryl methyl sites for hydroxylation is 2. The molecule has 0 heterocycles. The van der Waals surface area contributed by atoms with Gasteiger partial charge in [-0.15, -0.1) is 0 Å². The van der Waals surface area contributed by atoms with Crippen molar-refractivity contribution in [1.82, 2.24) is 5.32 Å². The number of hydrogen-bond acceptors (Lipinski definition) is 5. The van der Waals surface area contributed by atoms with Gasteiger partial charge < -0.3 is 24.6 Å². The zero-order valence-electron chi connectivity index (χ0n) is 23.7. The maximum Gasteiger partial charge on any atom is 0.306 e. The summed E-state index contributed by atoms with van der Waals surface area (Å²) < 4.78 is 18.2. The van der Waals surface area contributed by atoms with E-state index in [-0.39, 0.29) is 29.4 Å². The number of carboxylic acid groups (broad SMARTS) is 1. The predicted octanol–water partition coefficient (Wildman–Crippen LogP) is 5.47. The van der Waals surface area contributed by atoms with Gasteiger partial charge in [-0.2, -0.15) is 0 Å². The molecule has 39 heavy (non-hydrogen) atoms. The van der Waals surface area contributed by atoms with Crippen molar-refractivity contribution < 1.29 is 28.9 Å². The van der Waals surface area contributed by atoms with Crippen LogP contribution in [0, 0.1) is 17.3 Å². The summed E-state index contributed by atoms with van der Waals surface area (Å²) in [6.07, 6.45) is 14.2. The molecule has 7 heteroatoms. The van der Waals surface area contributed by atoms with E-state index in [9.17, 15) is 14.7 Å². The van der Waals surface area contributed by atoms with Gasteiger partial charge in [0.1, 0.15) is 11.4 Å². The van der Waals surface area contributed by atoms with Crippen LogP contribution in [0.2, 0.25) is 0 Å². The molecule has 0 unspecified atom stereocenters. The summed E-state index contributed by atoms with van der Waals surface area (Å²) in [6, 6.07) is 6.71. The Bertz CT molecular complexity index is 990. The molecule has 5 rings (SSSR count). The van der Waals surface area contributed by atoms with Gasteiger partial charge in [-0.05, 0) is 107 Å². The number of hydrogen-bond donors (Lipinski definition) is 2. The number of ether oxygens (including phenoxy) is 3. The van der Waals surface area contributed by atoms with Gasteiger partial charge in [0.15, 0.2) is 0 Å². The van der Waals surface area contributed by atoms with Crippen molar-refractivity contribution >= 4 is 11.9 Å². The number of nitrogens with one attached hydrogen (secondary N) is 1. The molecular formula is C32H47NO6. The fourth-order valence-electron chi connectivity index (χ4n) is 7.36. The Labute approximate surface area is 233 Å². The minimum Gasteiger partial charge on any atom is -0.487 e. The lowest BCUT2D eigenvalue weighted by atomic mass is 9.74. The first kappa shape index (κ1) is 28.4. The standard InChI is InChI=1S/C32H47NO6/c1-37-18-19-38-22-26(32(16-17-32)39-28-13-10-23-6-2-3-7-25(23)20-28)21-31(14-4-5-15-31)30(36)33-27-11-8-24(9-12-27)29(34)35/h10,13,20,24,26-27H,2-9,11-12,14-19,21-22H2,1H3,(H,33,36)(H,34,35)/t24?,26-,27?/m0/s1. The normalized spacial score (nSPS) is 25.9. The largest absolute Gasteiger partial charge is 0.487 e. The van der Waals surface area contributed by atoms with Crippen LogP contribution in [0.25, 0.3) is 0 Å². The number of aliphatic carboxylic acids is 1. The van der Waals surface area contributed by atoms with Crippen LogP contribution in [-0.4, -0.2) is 55.6 Å². The molecule has 0 spiro atoms. The number of amides is 1. The van der Waals surface area contributed by atoms with E-state index in [4.69, 9.17) is 14.2 Å². The van der Waals surface area contributed by atoms with Crippen LogP contribution in [0.15, 0.2) is 18.2 Å². The van der Waals surface area contributed by atoms with Crippen molar-refractivity contribution in [3.8, 4) is 5.75 Å². The molecule has 0 aliphatic heterocycles. The molecule has 0 radical (unpaired) electrons. The Morgan fingerprint density at radius 2 is 1.69 bits per heavy atom. The van der Waals surface area contributed by atoms with Crippen LogP contribution in [-0.2, 0) is 31.9 Å². The van der Waals surface area contributed by atoms with Crippen LogP contribution in [0.4, 0.5) is 0 Å². The molecule has 7 nitrogen and oxygen atoms in total. The van der Waals surface area contributed by atoms with Gasteiger partial charge >= 0.3 is 5.97 Å². The van der Waals surface area contributed by atoms with Crippen LogP contribution < -0.4 is 10.1 Å². The zero-order valence-corrected chi connectivity index (χ0v) is 23.7. The van der Waals surface area contributed by atoms with E-state index in [0.29, 0.717) is 32.7 Å². The molecule has 2 N–H and O–H groups in total. The van der Waals surface area contributed by atoms with Crippen molar-refractivity contribution in [3.63, 3.8) is 0 Å². The van der Waals surface area contributed by atoms with Crippen molar-refractivity contribution in [1.29, 1.82) is 0 Å². The second-order valence-corrected chi connectivity index (χ2v) is 12.6. The molecule has 4 aliphatic rings. The van der Waals surface area contributed by atoms with Gasteiger partial charge in [0.05, 0.1) is 25.7 Å². The van der Waals surface area contributed by atoms with E-state index in [1.807, 2.05) is 0 Å². The molecule has 0 aromatic heterocycles. The maximum absolute atomic E-state index is 13.9. The third kappa shape index (κ3) is 6.79. The molecule has 0 saturated heterocycles. The van der Waals surface area contributed by atoms with Crippen LogP contribution in [0.5, 0.6) is 5.75 Å². The molecule has 3 saturated carbocycles. The Balaban J connectivity index is 1.29. The van der Waals surface area contributed by atoms with Crippen LogP contribution in [0.1, 0.15) is 94.6 Å². The molecule has 216 valence electrons. The molecule has 1 aromatic rings. The topological polar surface area (TPSA) is 94.1 Å². The lowest BCUT2D eigenvalue weighted by molar-refractivity contribution is -0.143. The molecule has 1 atom stereocenters. The SMILES string of the molecule is COCCOC[C@H](CC1(C(=O)NC2CCC(C(=O)O)CC2)CCCC1)C1(Oc2ccc3c(c2)CCCC3)CC1. The molecule has 1 aromatic carbocycles. The fraction of sp³-hybridized carbons (Fsp3) is 0.750. The highest BCUT2D eigenvalue weighted by Gasteiger charge is 2.56. The quantitative estimate of drug-likeness (QED) is 0.322. The van der Waals surface area contributed by atoms with Gasteiger partial charge in [0.2, 0.25) is 5.91 Å². The number of carbonyl (C=O) groups excluding carboxylic acids is 1. The third-order valence-electron chi connectivity index (χ3n) is 9.97. The number of fused-ring (bicyclic) bond motifs is 1. The summed E-state index contributed by atoms with van der Waals surface area (Å²) in [7, 11) is 1.68. The molecule has 3 fully saturated rings. The van der Waals surface area contributed by atoms with E-state index in [1.165, 1.54) is 24.0 Å². The first-order valence-corrected chi connectivity index (χ1v) is 15.3. The van der Waals surface area contributed by atoms with Gasteiger partial charge in [0.25, 0.3) is 0 Å². The smallest absolute Gasteiger partial charge is 0.306 e. The van der Waals surface area contributed by atoms with Gasteiger partial charge in [0, 0.05) is 24.5 Å². The number of methoxy groups -OCH3 is 1. The monoisotopic (exact) mass is 541 g/mol. The minimum absolute atomic E-state index is 0.0728. The summed E-state index contributed by atoms with van der Waals surface area (Å²) in [5, 5.41) is 12.7. The second-order valence-electron chi connectivity index (χ2n) is 12.6. The summed E-state index contributed by atoms with van der Waals surface area (Å²) in [5.41, 5.74) is 2.18. The first-order valence-electron chi connectivity index (χ1n) is 15.3. The second kappa shape index (κ2) is 12.6. The predicted molar refractivity (Wildman–Crippen MR) is 149 cm³/mol. The van der Waals surface area contributed by atoms with Crippen molar-refractivity contribution in [2.24, 2.45) is 17.3 Å². The summed E-state index contributed by atoms with van der Waals surface area (Å²) in [5.74, 6) is 0.247. The van der Waals surface area contributed by atoms with E-state index in [2.05, 4.69) is 23.5 Å². The third-order valence-corrected chi connectivity index (χ3v) is 9.97. The fourth-order valence-corrected chi connectivity index (χ4v) is 7.36. The lowest BCUT2D eigenvalue weighted by Crippen LogP contribution is -2.48. The van der Waals surface area contributed by atoms with Crippen LogP contribution in [0.3, 0.4) is 0 Å². The summed E-state index contributed by atoms with van der Waals surface area (Å²) in [6.45, 7) is 1.65. The van der Waals surface area contributed by atoms with Crippen molar-refractivity contribution in [3.05, 3.63) is 29.3 Å². The number of carboxylic acids is 1. The van der Waals surface area contributed by atoms with Crippen molar-refractivity contribution in [2.45, 2.75) is 108 Å². The highest BCUT2D eigenvalue weighted by molar-refractivity contribution is 5.83. The molecule has 1 amide bonds. The average molecular weight is 542 g/mol. The lowest BCUT2D eigenvalue weighted by Gasteiger charge is -2.38. The highest BCUT2D eigenvalue weighted by atomic mass is 16.5. The first-order chi connectivity index (χ1) is 18.9. The Kier molecular flexibility index (Phi) is 9.17. The van der Waals surface area contributed by atoms with Gasteiger partial charge in [-0.3, -0.25) is 9.59 Å². The van der Waals surface area contributed by atoms with E-state index < -0.39 is 11.4 Å². The molecular weight excluding hydrogens is 494 g/mol. The Morgan fingerprint density at radius 1 is 0.974 bits per heavy atom. The van der Waals surface area contributed by atoms with Gasteiger partial charge in [-0.25, -0.2) is 0 Å². The van der Waals surface area contributed by atoms with Crippen LogP contribution >= 0.6 is 0 Å². The number of rotatable bonds is 13. The van der Waals surface area contributed by atoms with E-state index >= 15 is 0 Å². The average Bonchev–Trinajstić information content (AvgIpc) is 3.56. The summed E-state index contributed by atoms with van der Waals surface area (Å²) in [4.78, 5) is 25.3. The minimum atomic E-state index is -0.711. The molecule has 4 aliphatic carbocycles. The van der Waals surface area contributed by atoms with E-state index in [1.54, 1.807) is 7.11 Å². The molecule has 0 bridgehead atoms. The highest BCUT2D eigenvalue weighted by Crippen LogP contribution is 2.53. The maximum atomic E-state index is 13.9.